The molecule has 0 saturated carbocycles. The monoisotopic (exact) mass is 342 g/mol. The number of piperidine rings is 1. The average Bonchev–Trinajstić information content (AvgIpc) is 3.02. The zero-order valence-electron chi connectivity index (χ0n) is 14.8. The summed E-state index contributed by atoms with van der Waals surface area (Å²) >= 11 is 0. The van der Waals surface area contributed by atoms with Crippen LogP contribution in [0.4, 0.5) is 0 Å². The molecule has 2 aromatic rings. The standard InChI is InChI=1S/C20H26N2O3/c1-14-4-2-6-17-16(12-21-20(14)17)8-9-18(23)22-11-3-5-15(13-22)7-10-19(24)25/h2,4,6,12,15,21H,3,5,7-11,13H2,1H3,(H,24,25)/t15-/m0/s1. The molecule has 0 bridgehead atoms. The third-order valence-corrected chi connectivity index (χ3v) is 5.26. The van der Waals surface area contributed by atoms with E-state index in [9.17, 15) is 9.59 Å². The maximum Gasteiger partial charge on any atom is 0.303 e. The molecule has 1 aromatic carbocycles. The molecule has 0 unspecified atom stereocenters. The summed E-state index contributed by atoms with van der Waals surface area (Å²) in [7, 11) is 0. The van der Waals surface area contributed by atoms with Crippen molar-refractivity contribution >= 4 is 22.8 Å². The predicted octanol–water partition coefficient (Wildman–Crippen LogP) is 3.51. The Hall–Kier alpha value is -2.30. The van der Waals surface area contributed by atoms with Gasteiger partial charge < -0.3 is 15.0 Å². The number of benzene rings is 1. The molecule has 3 rings (SSSR count). The lowest BCUT2D eigenvalue weighted by atomic mass is 9.93. The number of amides is 1. The summed E-state index contributed by atoms with van der Waals surface area (Å²) in [6.07, 6.45) is 6.12. The van der Waals surface area contributed by atoms with Crippen molar-refractivity contribution < 1.29 is 14.7 Å². The van der Waals surface area contributed by atoms with E-state index in [0.717, 1.165) is 31.3 Å². The van der Waals surface area contributed by atoms with Crippen molar-refractivity contribution in [2.24, 2.45) is 5.92 Å². The van der Waals surface area contributed by atoms with Crippen molar-refractivity contribution in [2.45, 2.75) is 45.4 Å². The third kappa shape index (κ3) is 4.21. The number of hydrogen-bond donors (Lipinski definition) is 2. The fourth-order valence-corrected chi connectivity index (χ4v) is 3.83. The summed E-state index contributed by atoms with van der Waals surface area (Å²) in [5, 5.41) is 10.0. The van der Waals surface area contributed by atoms with Gasteiger partial charge in [0.15, 0.2) is 0 Å². The fraction of sp³-hybridized carbons (Fsp3) is 0.500. The summed E-state index contributed by atoms with van der Waals surface area (Å²) in [5.41, 5.74) is 3.55. The number of hydrogen-bond acceptors (Lipinski definition) is 2. The Morgan fingerprint density at radius 3 is 2.96 bits per heavy atom. The summed E-state index contributed by atoms with van der Waals surface area (Å²) in [6, 6.07) is 6.23. The topological polar surface area (TPSA) is 73.4 Å². The van der Waals surface area contributed by atoms with Crippen LogP contribution < -0.4 is 0 Å². The molecule has 1 aliphatic rings. The summed E-state index contributed by atoms with van der Waals surface area (Å²) in [4.78, 5) is 28.6. The van der Waals surface area contributed by atoms with Crippen LogP contribution >= 0.6 is 0 Å². The molecule has 2 N–H and O–H groups in total. The Balaban J connectivity index is 1.56. The maximum atomic E-state index is 12.6. The third-order valence-electron chi connectivity index (χ3n) is 5.26. The number of aromatic nitrogens is 1. The molecule has 1 fully saturated rings. The molecule has 0 aliphatic carbocycles. The van der Waals surface area contributed by atoms with Crippen molar-refractivity contribution in [1.82, 2.24) is 9.88 Å². The van der Waals surface area contributed by atoms with Crippen molar-refractivity contribution in [3.8, 4) is 0 Å². The largest absolute Gasteiger partial charge is 0.481 e. The highest BCUT2D eigenvalue weighted by atomic mass is 16.4. The Morgan fingerprint density at radius 1 is 1.32 bits per heavy atom. The summed E-state index contributed by atoms with van der Waals surface area (Å²) < 4.78 is 0. The van der Waals surface area contributed by atoms with Crippen LogP contribution in [0, 0.1) is 12.8 Å². The van der Waals surface area contributed by atoms with Gasteiger partial charge in [-0.3, -0.25) is 9.59 Å². The number of carbonyl (C=O) groups is 2. The molecule has 5 heteroatoms. The normalized spacial score (nSPS) is 17.8. The second-order valence-electron chi connectivity index (χ2n) is 7.09. The van der Waals surface area contributed by atoms with Crippen LogP contribution in [0.25, 0.3) is 10.9 Å². The van der Waals surface area contributed by atoms with Crippen LogP contribution in [0.5, 0.6) is 0 Å². The lowest BCUT2D eigenvalue weighted by molar-refractivity contribution is -0.137. The van der Waals surface area contributed by atoms with E-state index in [2.05, 4.69) is 30.1 Å². The quantitative estimate of drug-likeness (QED) is 0.843. The van der Waals surface area contributed by atoms with Crippen molar-refractivity contribution in [3.63, 3.8) is 0 Å². The first-order valence-corrected chi connectivity index (χ1v) is 9.09. The Labute approximate surface area is 148 Å². The van der Waals surface area contributed by atoms with Gasteiger partial charge in [-0.15, -0.1) is 0 Å². The number of H-pyrrole nitrogens is 1. The van der Waals surface area contributed by atoms with E-state index in [-0.39, 0.29) is 12.3 Å². The van der Waals surface area contributed by atoms with Crippen molar-refractivity contribution in [2.75, 3.05) is 13.1 Å². The van der Waals surface area contributed by atoms with E-state index in [0.29, 0.717) is 25.3 Å². The van der Waals surface area contributed by atoms with E-state index in [1.807, 2.05) is 11.1 Å². The van der Waals surface area contributed by atoms with E-state index in [1.54, 1.807) is 0 Å². The number of fused-ring (bicyclic) bond motifs is 1. The molecule has 1 atom stereocenters. The second-order valence-corrected chi connectivity index (χ2v) is 7.09. The average molecular weight is 342 g/mol. The number of nitrogens with one attached hydrogen (secondary N) is 1. The molecule has 5 nitrogen and oxygen atoms in total. The highest BCUT2D eigenvalue weighted by Gasteiger charge is 2.24. The molecule has 0 radical (unpaired) electrons. The lowest BCUT2D eigenvalue weighted by Gasteiger charge is -2.32. The summed E-state index contributed by atoms with van der Waals surface area (Å²) in [6.45, 7) is 3.59. The number of aryl methyl sites for hydroxylation is 2. The zero-order valence-corrected chi connectivity index (χ0v) is 14.8. The van der Waals surface area contributed by atoms with Gasteiger partial charge in [-0.05, 0) is 49.7 Å². The van der Waals surface area contributed by atoms with Crippen LogP contribution in [0.3, 0.4) is 0 Å². The van der Waals surface area contributed by atoms with E-state index < -0.39 is 5.97 Å². The smallest absolute Gasteiger partial charge is 0.303 e. The van der Waals surface area contributed by atoms with Crippen LogP contribution in [0.15, 0.2) is 24.4 Å². The predicted molar refractivity (Wildman–Crippen MR) is 97.5 cm³/mol. The molecule has 1 saturated heterocycles. The van der Waals surface area contributed by atoms with Crippen molar-refractivity contribution in [1.29, 1.82) is 0 Å². The number of aromatic amines is 1. The minimum atomic E-state index is -0.752. The van der Waals surface area contributed by atoms with E-state index in [1.165, 1.54) is 16.5 Å². The Bertz CT molecular complexity index is 765. The highest BCUT2D eigenvalue weighted by molar-refractivity contribution is 5.86. The maximum absolute atomic E-state index is 12.6. The lowest BCUT2D eigenvalue weighted by Crippen LogP contribution is -2.40. The van der Waals surface area contributed by atoms with Gasteiger partial charge >= 0.3 is 5.97 Å². The Morgan fingerprint density at radius 2 is 2.16 bits per heavy atom. The molecule has 1 aliphatic heterocycles. The molecule has 0 spiro atoms. The number of para-hydroxylation sites is 1. The highest BCUT2D eigenvalue weighted by Crippen LogP contribution is 2.24. The van der Waals surface area contributed by atoms with Crippen LogP contribution in [0.2, 0.25) is 0 Å². The fourth-order valence-electron chi connectivity index (χ4n) is 3.83. The molecular weight excluding hydrogens is 316 g/mol. The van der Waals surface area contributed by atoms with Gasteiger partial charge in [0.25, 0.3) is 0 Å². The minimum Gasteiger partial charge on any atom is -0.481 e. The molecule has 25 heavy (non-hydrogen) atoms. The van der Waals surface area contributed by atoms with Gasteiger partial charge in [-0.2, -0.15) is 0 Å². The second kappa shape index (κ2) is 7.72. The molecule has 1 aromatic heterocycles. The van der Waals surface area contributed by atoms with Crippen LogP contribution in [-0.2, 0) is 16.0 Å². The van der Waals surface area contributed by atoms with Crippen LogP contribution in [0.1, 0.15) is 43.2 Å². The minimum absolute atomic E-state index is 0.182. The van der Waals surface area contributed by atoms with E-state index >= 15 is 0 Å². The van der Waals surface area contributed by atoms with Gasteiger partial charge in [-0.25, -0.2) is 0 Å². The van der Waals surface area contributed by atoms with Gasteiger partial charge in [0.1, 0.15) is 0 Å². The zero-order chi connectivity index (χ0) is 17.8. The number of nitrogens with zero attached hydrogens (tertiary/aromatic N) is 1. The number of carboxylic acid groups (broad SMARTS) is 1. The Kier molecular flexibility index (Phi) is 5.41. The van der Waals surface area contributed by atoms with Gasteiger partial charge in [-0.1, -0.05) is 18.2 Å². The van der Waals surface area contributed by atoms with Crippen LogP contribution in [-0.4, -0.2) is 40.0 Å². The van der Waals surface area contributed by atoms with Gasteiger partial charge in [0.05, 0.1) is 0 Å². The molecule has 1 amide bonds. The molecular formula is C20H26N2O3. The number of carboxylic acids is 1. The molecule has 2 heterocycles. The SMILES string of the molecule is Cc1cccc2c(CCC(=O)N3CCC[C@@H](CCC(=O)O)C3)c[nH]c12. The number of carbonyl (C=O) groups excluding carboxylic acids is 1. The molecule has 134 valence electrons. The number of rotatable bonds is 6. The first-order valence-electron chi connectivity index (χ1n) is 9.09. The summed E-state index contributed by atoms with van der Waals surface area (Å²) in [5.74, 6) is -0.246. The van der Waals surface area contributed by atoms with Gasteiger partial charge in [0.2, 0.25) is 5.91 Å². The first-order chi connectivity index (χ1) is 12.0. The van der Waals surface area contributed by atoms with Gasteiger partial charge in [0, 0.05) is 43.0 Å². The number of likely N-dealkylation sites (tertiary alicyclic amines) is 1. The van der Waals surface area contributed by atoms with E-state index in [4.69, 9.17) is 5.11 Å². The number of aliphatic carboxylic acids is 1. The first kappa shape index (κ1) is 17.5. The van der Waals surface area contributed by atoms with Crippen molar-refractivity contribution in [3.05, 3.63) is 35.5 Å².